The first-order chi connectivity index (χ1) is 18.1. The van der Waals surface area contributed by atoms with E-state index < -0.39 is 0 Å². The summed E-state index contributed by atoms with van der Waals surface area (Å²) in [6.07, 6.45) is 2.11. The third-order valence-corrected chi connectivity index (χ3v) is 7.31. The number of rotatable bonds is 6. The average molecular weight is 503 g/mol. The van der Waals surface area contributed by atoms with Crippen LogP contribution in [-0.2, 0) is 6.54 Å². The molecule has 1 N–H and O–H groups in total. The Bertz CT molecular complexity index is 1460. The van der Waals surface area contributed by atoms with Gasteiger partial charge in [0.1, 0.15) is 25.0 Å². The molecule has 6 rings (SSSR count). The molecule has 192 valence electrons. The van der Waals surface area contributed by atoms with Crippen LogP contribution >= 0.6 is 0 Å². The maximum Gasteiger partial charge on any atom is 0.253 e. The zero-order valence-corrected chi connectivity index (χ0v) is 21.0. The van der Waals surface area contributed by atoms with Gasteiger partial charge in [-0.15, -0.1) is 5.10 Å². The lowest BCUT2D eigenvalue weighted by Gasteiger charge is -2.36. The predicted molar refractivity (Wildman–Crippen MR) is 137 cm³/mol. The van der Waals surface area contributed by atoms with Gasteiger partial charge in [0, 0.05) is 17.0 Å². The molecule has 0 unspecified atom stereocenters. The van der Waals surface area contributed by atoms with Crippen molar-refractivity contribution in [3.05, 3.63) is 69.8 Å². The quantitative estimate of drug-likeness (QED) is 0.429. The summed E-state index contributed by atoms with van der Waals surface area (Å²) in [5.74, 6) is 3.41. The summed E-state index contributed by atoms with van der Waals surface area (Å²) >= 11 is 0. The van der Waals surface area contributed by atoms with Crippen molar-refractivity contribution in [3.63, 3.8) is 0 Å². The van der Waals surface area contributed by atoms with Crippen LogP contribution in [-0.4, -0.2) is 63.5 Å². The summed E-state index contributed by atoms with van der Waals surface area (Å²) in [5, 5.41) is 13.7. The molecular formula is C27H30N6O4. The topological polar surface area (TPSA) is 107 Å². The molecule has 37 heavy (non-hydrogen) atoms. The molecule has 2 aliphatic heterocycles. The first-order valence-electron chi connectivity index (χ1n) is 12.7. The molecule has 1 saturated heterocycles. The highest BCUT2D eigenvalue weighted by Gasteiger charge is 2.32. The molecule has 0 aliphatic carbocycles. The maximum atomic E-state index is 13.5. The lowest BCUT2D eigenvalue weighted by molar-refractivity contribution is 0.149. The number of methoxy groups -OCH3 is 1. The van der Waals surface area contributed by atoms with Gasteiger partial charge in [-0.3, -0.25) is 9.69 Å². The van der Waals surface area contributed by atoms with E-state index in [2.05, 4.69) is 32.3 Å². The first-order valence-corrected chi connectivity index (χ1v) is 12.7. The maximum absolute atomic E-state index is 13.5. The van der Waals surface area contributed by atoms with Gasteiger partial charge in [-0.05, 0) is 72.1 Å². The molecule has 1 fully saturated rings. The van der Waals surface area contributed by atoms with Crippen molar-refractivity contribution in [2.24, 2.45) is 5.92 Å². The third-order valence-electron chi connectivity index (χ3n) is 7.31. The van der Waals surface area contributed by atoms with Crippen molar-refractivity contribution in [2.75, 3.05) is 33.4 Å². The molecule has 2 aromatic carbocycles. The summed E-state index contributed by atoms with van der Waals surface area (Å²) in [7, 11) is 1.65. The van der Waals surface area contributed by atoms with Crippen LogP contribution in [0.4, 0.5) is 0 Å². The van der Waals surface area contributed by atoms with Gasteiger partial charge in [0.2, 0.25) is 0 Å². The van der Waals surface area contributed by atoms with Gasteiger partial charge in [0.25, 0.3) is 5.56 Å². The molecule has 4 aromatic rings. The number of benzene rings is 2. The number of ether oxygens (including phenoxy) is 3. The van der Waals surface area contributed by atoms with E-state index >= 15 is 0 Å². The number of hydrogen-bond donors (Lipinski definition) is 1. The fraction of sp³-hybridized carbons (Fsp3) is 0.407. The summed E-state index contributed by atoms with van der Waals surface area (Å²) < 4.78 is 18.6. The fourth-order valence-corrected chi connectivity index (χ4v) is 5.17. The van der Waals surface area contributed by atoms with Crippen LogP contribution in [0.3, 0.4) is 0 Å². The molecule has 2 aromatic heterocycles. The second-order valence-corrected chi connectivity index (χ2v) is 9.80. The summed E-state index contributed by atoms with van der Waals surface area (Å²) in [6.45, 7) is 5.47. The Kier molecular flexibility index (Phi) is 6.25. The molecule has 1 atom stereocenters. The summed E-state index contributed by atoms with van der Waals surface area (Å²) in [4.78, 5) is 18.9. The Morgan fingerprint density at radius 2 is 1.81 bits per heavy atom. The van der Waals surface area contributed by atoms with Crippen molar-refractivity contribution >= 4 is 10.9 Å². The van der Waals surface area contributed by atoms with Crippen LogP contribution in [0.2, 0.25) is 0 Å². The van der Waals surface area contributed by atoms with E-state index in [1.807, 2.05) is 42.5 Å². The number of H-pyrrole nitrogens is 1. The lowest BCUT2D eigenvalue weighted by Crippen LogP contribution is -2.40. The standard InChI is InChI=1S/C27H30N6O4/c1-17-7-9-32(10-8-17)25(26-29-30-31-33(26)16-18-3-5-20(35-2)6-4-18)21-13-19-14-23-24(37-12-11-36-23)15-22(19)28-27(21)34/h3-6,13-15,17,25H,7-12,16H2,1-2H3,(H,28,34)/t25-/m0/s1. The number of likely N-dealkylation sites (tertiary alicyclic amines) is 1. The summed E-state index contributed by atoms with van der Waals surface area (Å²) in [5.41, 5.74) is 2.20. The lowest BCUT2D eigenvalue weighted by atomic mass is 9.95. The fourth-order valence-electron chi connectivity index (χ4n) is 5.17. The van der Waals surface area contributed by atoms with Crippen molar-refractivity contribution in [1.29, 1.82) is 0 Å². The molecule has 10 nitrogen and oxygen atoms in total. The van der Waals surface area contributed by atoms with Crippen LogP contribution < -0.4 is 19.8 Å². The van der Waals surface area contributed by atoms with E-state index in [0.29, 0.717) is 54.1 Å². The minimum atomic E-state index is -0.387. The van der Waals surface area contributed by atoms with Crippen molar-refractivity contribution in [2.45, 2.75) is 32.4 Å². The van der Waals surface area contributed by atoms with Crippen molar-refractivity contribution in [3.8, 4) is 17.2 Å². The molecule has 0 bridgehead atoms. The molecule has 0 radical (unpaired) electrons. The number of tetrazole rings is 1. The number of fused-ring (bicyclic) bond motifs is 2. The number of pyridine rings is 1. The molecular weight excluding hydrogens is 472 g/mol. The first kappa shape index (κ1) is 23.5. The zero-order chi connectivity index (χ0) is 25.4. The van der Waals surface area contributed by atoms with Crippen molar-refractivity contribution in [1.82, 2.24) is 30.1 Å². The molecule has 0 spiro atoms. The number of aromatic nitrogens is 5. The molecule has 4 heterocycles. The highest BCUT2D eigenvalue weighted by atomic mass is 16.6. The van der Waals surface area contributed by atoms with Crippen LogP contribution in [0, 0.1) is 5.92 Å². The molecule has 0 amide bonds. The van der Waals surface area contributed by atoms with Crippen LogP contribution in [0.25, 0.3) is 10.9 Å². The van der Waals surface area contributed by atoms with Gasteiger partial charge in [0.15, 0.2) is 17.3 Å². The van der Waals surface area contributed by atoms with E-state index in [1.54, 1.807) is 11.8 Å². The number of aromatic amines is 1. The normalized spacial score (nSPS) is 17.1. The van der Waals surface area contributed by atoms with Gasteiger partial charge in [-0.2, -0.15) is 0 Å². The molecule has 0 saturated carbocycles. The Labute approximate surface area is 214 Å². The minimum absolute atomic E-state index is 0.160. The van der Waals surface area contributed by atoms with Gasteiger partial charge >= 0.3 is 0 Å². The molecule has 10 heteroatoms. The third kappa shape index (κ3) is 4.64. The van der Waals surface area contributed by atoms with Gasteiger partial charge in [0.05, 0.1) is 19.2 Å². The Morgan fingerprint density at radius 1 is 1.08 bits per heavy atom. The number of nitrogens with one attached hydrogen (secondary N) is 1. The SMILES string of the molecule is COc1ccc(Cn2nnnc2[C@H](c2cc3cc4c(cc3[nH]c2=O)OCCO4)N2CCC(C)CC2)cc1. The highest BCUT2D eigenvalue weighted by molar-refractivity contribution is 5.83. The Morgan fingerprint density at radius 3 is 2.54 bits per heavy atom. The summed E-state index contributed by atoms with van der Waals surface area (Å²) in [6, 6.07) is 13.2. The Hall–Kier alpha value is -3.92. The monoisotopic (exact) mass is 502 g/mol. The van der Waals surface area contributed by atoms with Gasteiger partial charge in [-0.25, -0.2) is 4.68 Å². The number of hydrogen-bond acceptors (Lipinski definition) is 8. The van der Waals surface area contributed by atoms with Crippen LogP contribution in [0.15, 0.2) is 47.3 Å². The van der Waals surface area contributed by atoms with Gasteiger partial charge in [-0.1, -0.05) is 19.1 Å². The smallest absolute Gasteiger partial charge is 0.253 e. The Balaban J connectivity index is 1.43. The van der Waals surface area contributed by atoms with E-state index in [9.17, 15) is 4.79 Å². The van der Waals surface area contributed by atoms with E-state index in [-0.39, 0.29) is 11.6 Å². The number of nitrogens with zero attached hydrogens (tertiary/aromatic N) is 5. The number of piperidine rings is 1. The van der Waals surface area contributed by atoms with Gasteiger partial charge < -0.3 is 19.2 Å². The van der Waals surface area contributed by atoms with Crippen LogP contribution in [0.1, 0.15) is 42.8 Å². The van der Waals surface area contributed by atoms with Crippen molar-refractivity contribution < 1.29 is 14.2 Å². The predicted octanol–water partition coefficient (Wildman–Crippen LogP) is 3.16. The van der Waals surface area contributed by atoms with E-state index in [4.69, 9.17) is 14.2 Å². The highest BCUT2D eigenvalue weighted by Crippen LogP contribution is 2.36. The van der Waals surface area contributed by atoms with E-state index in [1.165, 1.54) is 0 Å². The largest absolute Gasteiger partial charge is 0.497 e. The van der Waals surface area contributed by atoms with E-state index in [0.717, 1.165) is 42.6 Å². The second-order valence-electron chi connectivity index (χ2n) is 9.80. The minimum Gasteiger partial charge on any atom is -0.497 e. The van der Waals surface area contributed by atoms with Crippen LogP contribution in [0.5, 0.6) is 17.2 Å². The second kappa shape index (κ2) is 9.85. The average Bonchev–Trinajstić information content (AvgIpc) is 3.37. The molecule has 2 aliphatic rings. The zero-order valence-electron chi connectivity index (χ0n) is 21.0.